The van der Waals surface area contributed by atoms with Crippen LogP contribution in [0.3, 0.4) is 0 Å². The molecule has 5 heteroatoms. The molecule has 0 fully saturated rings. The number of hydrogen-bond acceptors (Lipinski definition) is 4. The fraction of sp³-hybridized carbons (Fsp3) is 0.600. The van der Waals surface area contributed by atoms with Crippen molar-refractivity contribution in [3.05, 3.63) is 22.4 Å². The van der Waals surface area contributed by atoms with Crippen molar-refractivity contribution in [2.75, 3.05) is 13.2 Å². The summed E-state index contributed by atoms with van der Waals surface area (Å²) in [5.41, 5.74) is -0.459. The predicted molar refractivity (Wildman–Crippen MR) is 80.6 cm³/mol. The van der Waals surface area contributed by atoms with E-state index in [0.29, 0.717) is 6.54 Å². The summed E-state index contributed by atoms with van der Waals surface area (Å²) >= 11 is 1.66. The van der Waals surface area contributed by atoms with Crippen LogP contribution >= 0.6 is 11.3 Å². The van der Waals surface area contributed by atoms with Crippen molar-refractivity contribution >= 4 is 23.2 Å². The van der Waals surface area contributed by atoms with Crippen LogP contribution in [-0.2, 0) is 20.7 Å². The Labute approximate surface area is 124 Å². The summed E-state index contributed by atoms with van der Waals surface area (Å²) in [7, 11) is 0. The second kappa shape index (κ2) is 7.43. The van der Waals surface area contributed by atoms with Gasteiger partial charge >= 0.3 is 5.97 Å². The average molecular weight is 297 g/mol. The molecule has 20 heavy (non-hydrogen) atoms. The van der Waals surface area contributed by atoms with E-state index in [4.69, 9.17) is 4.74 Å². The Hall–Kier alpha value is -1.36. The number of thiophene rings is 1. The standard InChI is InChI=1S/C15H23NO3S/c1-5-19-14(18)12(15(2,3)4)13(17)16-9-8-11-7-6-10-20-11/h6-7,10,12H,5,8-9H2,1-4H3,(H,16,17). The van der Waals surface area contributed by atoms with Crippen LogP contribution in [0.25, 0.3) is 0 Å². The summed E-state index contributed by atoms with van der Waals surface area (Å²) in [5, 5.41) is 4.84. The lowest BCUT2D eigenvalue weighted by Crippen LogP contribution is -2.44. The number of carbonyl (C=O) groups is 2. The number of ether oxygens (including phenoxy) is 1. The molecule has 1 aromatic rings. The quantitative estimate of drug-likeness (QED) is 0.648. The summed E-state index contributed by atoms with van der Waals surface area (Å²) < 4.78 is 5.01. The van der Waals surface area contributed by atoms with E-state index < -0.39 is 17.3 Å². The summed E-state index contributed by atoms with van der Waals surface area (Å²) in [6.45, 7) is 8.17. The Kier molecular flexibility index (Phi) is 6.20. The second-order valence-electron chi connectivity index (χ2n) is 5.67. The Bertz CT molecular complexity index is 434. The third kappa shape index (κ3) is 4.96. The molecule has 0 aromatic carbocycles. The fourth-order valence-electron chi connectivity index (χ4n) is 1.95. The molecule has 0 saturated carbocycles. The van der Waals surface area contributed by atoms with E-state index in [1.165, 1.54) is 4.88 Å². The minimum atomic E-state index is -0.772. The fourth-order valence-corrected chi connectivity index (χ4v) is 2.65. The Morgan fingerprint density at radius 3 is 2.60 bits per heavy atom. The molecule has 0 radical (unpaired) electrons. The molecule has 1 rings (SSSR count). The van der Waals surface area contributed by atoms with E-state index in [1.807, 2.05) is 38.3 Å². The molecule has 0 aliphatic heterocycles. The van der Waals surface area contributed by atoms with Crippen LogP contribution in [0, 0.1) is 11.3 Å². The Morgan fingerprint density at radius 1 is 1.40 bits per heavy atom. The molecule has 0 aliphatic rings. The lowest BCUT2D eigenvalue weighted by molar-refractivity contribution is -0.156. The van der Waals surface area contributed by atoms with Gasteiger partial charge in [-0.05, 0) is 30.2 Å². The lowest BCUT2D eigenvalue weighted by atomic mass is 9.80. The zero-order valence-electron chi connectivity index (χ0n) is 12.6. The molecule has 112 valence electrons. The number of esters is 1. The maximum Gasteiger partial charge on any atom is 0.319 e. The van der Waals surface area contributed by atoms with Crippen molar-refractivity contribution in [3.63, 3.8) is 0 Å². The first kappa shape index (κ1) is 16.7. The van der Waals surface area contributed by atoms with Crippen LogP contribution in [0.5, 0.6) is 0 Å². The largest absolute Gasteiger partial charge is 0.465 e. The highest BCUT2D eigenvalue weighted by Crippen LogP contribution is 2.27. The van der Waals surface area contributed by atoms with Gasteiger partial charge in [-0.15, -0.1) is 11.3 Å². The van der Waals surface area contributed by atoms with E-state index in [9.17, 15) is 9.59 Å². The van der Waals surface area contributed by atoms with Gasteiger partial charge in [0.2, 0.25) is 5.91 Å². The molecule has 1 amide bonds. The maximum absolute atomic E-state index is 12.2. The van der Waals surface area contributed by atoms with Crippen molar-refractivity contribution in [1.29, 1.82) is 0 Å². The molecule has 1 N–H and O–H groups in total. The second-order valence-corrected chi connectivity index (χ2v) is 6.70. The molecule has 0 bridgehead atoms. The van der Waals surface area contributed by atoms with Crippen molar-refractivity contribution in [1.82, 2.24) is 5.32 Å². The van der Waals surface area contributed by atoms with Crippen LogP contribution < -0.4 is 5.32 Å². The summed E-state index contributed by atoms with van der Waals surface area (Å²) in [5.74, 6) is -1.48. The smallest absolute Gasteiger partial charge is 0.319 e. The molecule has 0 saturated heterocycles. The first-order chi connectivity index (χ1) is 9.36. The van der Waals surface area contributed by atoms with Gasteiger partial charge in [0.25, 0.3) is 0 Å². The molecule has 1 atom stereocenters. The molecule has 1 aromatic heterocycles. The molecule has 1 heterocycles. The molecular formula is C15H23NO3S. The molecule has 0 spiro atoms. The van der Waals surface area contributed by atoms with E-state index in [2.05, 4.69) is 5.32 Å². The predicted octanol–water partition coefficient (Wildman–Crippen LogP) is 2.63. The van der Waals surface area contributed by atoms with Gasteiger partial charge in [-0.3, -0.25) is 9.59 Å². The highest BCUT2D eigenvalue weighted by atomic mass is 32.1. The summed E-state index contributed by atoms with van der Waals surface area (Å²) in [6.07, 6.45) is 0.781. The monoisotopic (exact) mass is 297 g/mol. The van der Waals surface area contributed by atoms with E-state index >= 15 is 0 Å². The van der Waals surface area contributed by atoms with Crippen molar-refractivity contribution in [2.45, 2.75) is 34.1 Å². The third-order valence-electron chi connectivity index (χ3n) is 2.90. The molecule has 1 unspecified atom stereocenters. The van der Waals surface area contributed by atoms with Crippen LogP contribution in [0.4, 0.5) is 0 Å². The van der Waals surface area contributed by atoms with Gasteiger partial charge in [-0.2, -0.15) is 0 Å². The van der Waals surface area contributed by atoms with Crippen molar-refractivity contribution in [3.8, 4) is 0 Å². The first-order valence-corrected chi connectivity index (χ1v) is 7.71. The van der Waals surface area contributed by atoms with Gasteiger partial charge in [0, 0.05) is 11.4 Å². The summed E-state index contributed by atoms with van der Waals surface area (Å²) in [4.78, 5) is 25.4. The van der Waals surface area contributed by atoms with Crippen LogP contribution in [0.1, 0.15) is 32.6 Å². The average Bonchev–Trinajstić information content (AvgIpc) is 2.80. The topological polar surface area (TPSA) is 55.4 Å². The highest BCUT2D eigenvalue weighted by molar-refractivity contribution is 7.09. The normalized spacial score (nSPS) is 12.8. The van der Waals surface area contributed by atoms with Gasteiger partial charge in [-0.25, -0.2) is 0 Å². The number of nitrogens with one attached hydrogen (secondary N) is 1. The Morgan fingerprint density at radius 2 is 2.10 bits per heavy atom. The minimum absolute atomic E-state index is 0.257. The van der Waals surface area contributed by atoms with Gasteiger partial charge in [0.05, 0.1) is 6.61 Å². The van der Waals surface area contributed by atoms with Gasteiger partial charge in [0.15, 0.2) is 0 Å². The van der Waals surface area contributed by atoms with E-state index in [0.717, 1.165) is 6.42 Å². The number of hydrogen-bond donors (Lipinski definition) is 1. The Balaban J connectivity index is 2.57. The van der Waals surface area contributed by atoms with Gasteiger partial charge in [-0.1, -0.05) is 26.8 Å². The molecule has 0 aliphatic carbocycles. The molecular weight excluding hydrogens is 274 g/mol. The maximum atomic E-state index is 12.2. The minimum Gasteiger partial charge on any atom is -0.465 e. The number of amides is 1. The van der Waals surface area contributed by atoms with E-state index in [1.54, 1.807) is 18.3 Å². The lowest BCUT2D eigenvalue weighted by Gasteiger charge is -2.27. The SMILES string of the molecule is CCOC(=O)C(C(=O)NCCc1cccs1)C(C)(C)C. The van der Waals surface area contributed by atoms with Crippen LogP contribution in [0.2, 0.25) is 0 Å². The van der Waals surface area contributed by atoms with Crippen molar-refractivity contribution < 1.29 is 14.3 Å². The number of carbonyl (C=O) groups excluding carboxylic acids is 2. The van der Waals surface area contributed by atoms with E-state index in [-0.39, 0.29) is 12.5 Å². The zero-order valence-corrected chi connectivity index (χ0v) is 13.4. The highest BCUT2D eigenvalue weighted by Gasteiger charge is 2.38. The number of rotatable bonds is 6. The van der Waals surface area contributed by atoms with Crippen LogP contribution in [-0.4, -0.2) is 25.0 Å². The van der Waals surface area contributed by atoms with Gasteiger partial charge < -0.3 is 10.1 Å². The van der Waals surface area contributed by atoms with Gasteiger partial charge in [0.1, 0.15) is 5.92 Å². The summed E-state index contributed by atoms with van der Waals surface area (Å²) in [6, 6.07) is 4.02. The third-order valence-corrected chi connectivity index (χ3v) is 3.84. The first-order valence-electron chi connectivity index (χ1n) is 6.83. The molecule has 4 nitrogen and oxygen atoms in total. The zero-order chi connectivity index (χ0) is 15.2. The van der Waals surface area contributed by atoms with Crippen molar-refractivity contribution in [2.24, 2.45) is 11.3 Å². The van der Waals surface area contributed by atoms with Crippen LogP contribution in [0.15, 0.2) is 17.5 Å².